The number of hydrogen-bond donors (Lipinski definition) is 0. The summed E-state index contributed by atoms with van der Waals surface area (Å²) < 4.78 is 10.1. The molecule has 2 rings (SSSR count). The maximum absolute atomic E-state index is 11.7. The molecule has 84 valence electrons. The lowest BCUT2D eigenvalue weighted by molar-refractivity contribution is -0.178. The minimum atomic E-state index is -0.525. The number of amides is 1. The number of carbonyl (C=O) groups excluding carboxylic acids is 2. The maximum Gasteiger partial charge on any atom is 0.411 e. The van der Waals surface area contributed by atoms with Gasteiger partial charge in [-0.15, -0.1) is 0 Å². The van der Waals surface area contributed by atoms with Gasteiger partial charge in [-0.25, -0.2) is 9.59 Å². The van der Waals surface area contributed by atoms with Gasteiger partial charge in [-0.1, -0.05) is 0 Å². The van der Waals surface area contributed by atoms with Crippen LogP contribution in [0.15, 0.2) is 0 Å². The first-order valence-electron chi connectivity index (χ1n) is 5.08. The Bertz CT molecular complexity index is 307. The molecule has 0 radical (unpaired) electrons. The minimum Gasteiger partial charge on any atom is -0.458 e. The average molecular weight is 213 g/mol. The van der Waals surface area contributed by atoms with Gasteiger partial charge >= 0.3 is 12.1 Å². The monoisotopic (exact) mass is 213 g/mol. The van der Waals surface area contributed by atoms with Crippen LogP contribution in [0.3, 0.4) is 0 Å². The molecule has 0 aliphatic carbocycles. The van der Waals surface area contributed by atoms with Gasteiger partial charge in [-0.05, 0) is 20.8 Å². The van der Waals surface area contributed by atoms with E-state index in [1.165, 1.54) is 4.90 Å². The summed E-state index contributed by atoms with van der Waals surface area (Å²) in [6, 6.07) is -0.403. The molecule has 0 bridgehead atoms. The fourth-order valence-electron chi connectivity index (χ4n) is 1.84. The van der Waals surface area contributed by atoms with E-state index in [4.69, 9.17) is 9.47 Å². The average Bonchev–Trinajstić information content (AvgIpc) is 2.38. The number of likely N-dealkylation sites (tertiary alicyclic amines) is 1. The first-order chi connectivity index (χ1) is 6.88. The fourth-order valence-corrected chi connectivity index (χ4v) is 1.84. The summed E-state index contributed by atoms with van der Waals surface area (Å²) in [5.41, 5.74) is -0.525. The van der Waals surface area contributed by atoms with Crippen molar-refractivity contribution in [2.75, 3.05) is 6.54 Å². The van der Waals surface area contributed by atoms with Crippen LogP contribution >= 0.6 is 0 Å². The molecule has 0 unspecified atom stereocenters. The zero-order valence-corrected chi connectivity index (χ0v) is 9.15. The Kier molecular flexibility index (Phi) is 2.13. The third-order valence-electron chi connectivity index (χ3n) is 2.48. The van der Waals surface area contributed by atoms with E-state index in [1.807, 2.05) is 0 Å². The molecule has 0 aromatic heterocycles. The van der Waals surface area contributed by atoms with E-state index in [9.17, 15) is 9.59 Å². The summed E-state index contributed by atoms with van der Waals surface area (Å²) in [7, 11) is 0. The number of hydrogen-bond acceptors (Lipinski definition) is 4. The highest BCUT2D eigenvalue weighted by Gasteiger charge is 2.53. The summed E-state index contributed by atoms with van der Waals surface area (Å²) in [6.07, 6.45) is 0.187. The van der Waals surface area contributed by atoms with Gasteiger partial charge < -0.3 is 9.47 Å². The van der Waals surface area contributed by atoms with Crippen LogP contribution in [0.25, 0.3) is 0 Å². The molecule has 2 fully saturated rings. The molecule has 1 amide bonds. The van der Waals surface area contributed by atoms with E-state index < -0.39 is 17.7 Å². The Morgan fingerprint density at radius 1 is 1.53 bits per heavy atom. The van der Waals surface area contributed by atoms with Crippen LogP contribution < -0.4 is 0 Å². The van der Waals surface area contributed by atoms with Gasteiger partial charge in [-0.3, -0.25) is 4.90 Å². The molecule has 2 aliphatic rings. The standard InChI is InChI=1S/C10H15NO4/c1-10(2,3)15-9(13)11-5-4-6-7(11)8(12)14-6/h6-7H,4-5H2,1-3H3/t6-,7-/m1/s1. The quantitative estimate of drug-likeness (QED) is 0.561. The van der Waals surface area contributed by atoms with E-state index in [0.717, 1.165) is 6.42 Å². The maximum atomic E-state index is 11.7. The normalized spacial score (nSPS) is 29.3. The Morgan fingerprint density at radius 2 is 2.20 bits per heavy atom. The molecule has 2 atom stereocenters. The highest BCUT2D eigenvalue weighted by atomic mass is 16.6. The summed E-state index contributed by atoms with van der Waals surface area (Å²) in [5.74, 6) is -0.316. The first-order valence-corrected chi connectivity index (χ1v) is 5.08. The van der Waals surface area contributed by atoms with E-state index >= 15 is 0 Å². The van der Waals surface area contributed by atoms with Gasteiger partial charge in [0.25, 0.3) is 0 Å². The third kappa shape index (κ3) is 1.78. The van der Waals surface area contributed by atoms with Gasteiger partial charge in [-0.2, -0.15) is 0 Å². The number of ether oxygens (including phenoxy) is 2. The van der Waals surface area contributed by atoms with E-state index in [2.05, 4.69) is 0 Å². The lowest BCUT2D eigenvalue weighted by Crippen LogP contribution is -2.56. The van der Waals surface area contributed by atoms with Crippen molar-refractivity contribution < 1.29 is 19.1 Å². The Labute approximate surface area is 88.3 Å². The molecule has 0 spiro atoms. The van der Waals surface area contributed by atoms with Crippen molar-refractivity contribution in [1.29, 1.82) is 0 Å². The van der Waals surface area contributed by atoms with Crippen LogP contribution in [-0.2, 0) is 14.3 Å². The van der Waals surface area contributed by atoms with Crippen LogP contribution in [0.1, 0.15) is 27.2 Å². The molecule has 0 aromatic carbocycles. The van der Waals surface area contributed by atoms with Gasteiger partial charge in [0.1, 0.15) is 11.7 Å². The molecule has 5 heteroatoms. The number of carbonyl (C=O) groups is 2. The molecule has 2 saturated heterocycles. The number of nitrogens with zero attached hydrogens (tertiary/aromatic N) is 1. The zero-order valence-electron chi connectivity index (χ0n) is 9.15. The molecule has 0 N–H and O–H groups in total. The molecule has 15 heavy (non-hydrogen) atoms. The smallest absolute Gasteiger partial charge is 0.411 e. The van der Waals surface area contributed by atoms with Crippen molar-refractivity contribution in [3.05, 3.63) is 0 Å². The SMILES string of the molecule is CC(C)(C)OC(=O)N1CC[C@H]2OC(=O)[C@@H]21. The van der Waals surface area contributed by atoms with Crippen LogP contribution in [-0.4, -0.2) is 41.3 Å². The Morgan fingerprint density at radius 3 is 2.73 bits per heavy atom. The first kappa shape index (κ1) is 10.3. The second kappa shape index (κ2) is 3.12. The number of rotatable bonds is 0. The van der Waals surface area contributed by atoms with Crippen molar-refractivity contribution in [3.8, 4) is 0 Å². The van der Waals surface area contributed by atoms with Crippen LogP contribution in [0.4, 0.5) is 4.79 Å². The topological polar surface area (TPSA) is 55.8 Å². The van der Waals surface area contributed by atoms with Crippen LogP contribution in [0.2, 0.25) is 0 Å². The summed E-state index contributed by atoms with van der Waals surface area (Å²) >= 11 is 0. The van der Waals surface area contributed by atoms with E-state index in [1.54, 1.807) is 20.8 Å². The minimum absolute atomic E-state index is 0.106. The highest BCUT2D eigenvalue weighted by molar-refractivity contribution is 5.87. The van der Waals surface area contributed by atoms with Crippen LogP contribution in [0, 0.1) is 0 Å². The predicted molar refractivity (Wildman–Crippen MR) is 51.2 cm³/mol. The van der Waals surface area contributed by atoms with Crippen molar-refractivity contribution in [2.24, 2.45) is 0 Å². The Hall–Kier alpha value is -1.26. The van der Waals surface area contributed by atoms with Gasteiger partial charge in [0.05, 0.1) is 0 Å². The second-order valence-electron chi connectivity index (χ2n) is 4.88. The number of fused-ring (bicyclic) bond motifs is 1. The predicted octanol–water partition coefficient (Wildman–Crippen LogP) is 0.921. The largest absolute Gasteiger partial charge is 0.458 e. The lowest BCUT2D eigenvalue weighted by atomic mass is 10.1. The molecule has 0 saturated carbocycles. The summed E-state index contributed by atoms with van der Waals surface area (Å²) in [4.78, 5) is 24.3. The van der Waals surface area contributed by atoms with Crippen LogP contribution in [0.5, 0.6) is 0 Å². The van der Waals surface area contributed by atoms with Crippen molar-refractivity contribution >= 4 is 12.1 Å². The highest BCUT2D eigenvalue weighted by Crippen LogP contribution is 2.31. The molecular formula is C10H15NO4. The third-order valence-corrected chi connectivity index (χ3v) is 2.48. The van der Waals surface area contributed by atoms with Crippen molar-refractivity contribution in [2.45, 2.75) is 44.9 Å². The van der Waals surface area contributed by atoms with Crippen molar-refractivity contribution in [1.82, 2.24) is 4.90 Å². The zero-order chi connectivity index (χ0) is 11.2. The number of esters is 1. The van der Waals surface area contributed by atoms with Gasteiger partial charge in [0.15, 0.2) is 6.04 Å². The summed E-state index contributed by atoms with van der Waals surface area (Å²) in [6.45, 7) is 5.95. The molecule has 0 aromatic rings. The fraction of sp³-hybridized carbons (Fsp3) is 0.800. The second-order valence-corrected chi connectivity index (χ2v) is 4.88. The molecular weight excluding hydrogens is 198 g/mol. The van der Waals surface area contributed by atoms with Gasteiger partial charge in [0, 0.05) is 13.0 Å². The molecule has 5 nitrogen and oxygen atoms in total. The molecule has 2 aliphatic heterocycles. The van der Waals surface area contributed by atoms with E-state index in [-0.39, 0.29) is 12.1 Å². The Balaban J connectivity index is 2.00. The molecule has 2 heterocycles. The lowest BCUT2D eigenvalue weighted by Gasteiger charge is -2.34. The van der Waals surface area contributed by atoms with E-state index in [0.29, 0.717) is 6.54 Å². The summed E-state index contributed by atoms with van der Waals surface area (Å²) in [5, 5.41) is 0. The van der Waals surface area contributed by atoms with Gasteiger partial charge in [0.2, 0.25) is 0 Å². The van der Waals surface area contributed by atoms with Crippen molar-refractivity contribution in [3.63, 3.8) is 0 Å².